The largest absolute Gasteiger partial charge is 0.462 e. The molecule has 0 saturated carbocycles. The van der Waals surface area contributed by atoms with E-state index in [1.165, 1.54) is 11.3 Å². The zero-order valence-corrected chi connectivity index (χ0v) is 14.2. The summed E-state index contributed by atoms with van der Waals surface area (Å²) in [6, 6.07) is 0. The highest BCUT2D eigenvalue weighted by atomic mass is 32.1. The van der Waals surface area contributed by atoms with Gasteiger partial charge in [-0.3, -0.25) is 0 Å². The van der Waals surface area contributed by atoms with Crippen molar-refractivity contribution in [1.82, 2.24) is 10.3 Å². The van der Waals surface area contributed by atoms with E-state index >= 15 is 0 Å². The lowest BCUT2D eigenvalue weighted by Gasteiger charge is -2.19. The monoisotopic (exact) mass is 298 g/mol. The van der Waals surface area contributed by atoms with Gasteiger partial charge in [0.1, 0.15) is 9.88 Å². The van der Waals surface area contributed by atoms with Crippen LogP contribution in [0.4, 0.5) is 0 Å². The number of esters is 1. The highest BCUT2D eigenvalue weighted by Crippen LogP contribution is 2.23. The van der Waals surface area contributed by atoms with E-state index in [9.17, 15) is 4.79 Å². The van der Waals surface area contributed by atoms with Crippen molar-refractivity contribution < 1.29 is 9.53 Å². The molecule has 0 aliphatic heterocycles. The molecule has 0 radical (unpaired) electrons. The molecule has 0 fully saturated rings. The van der Waals surface area contributed by atoms with Crippen LogP contribution < -0.4 is 5.32 Å². The number of rotatable bonds is 6. The van der Waals surface area contributed by atoms with Gasteiger partial charge in [0, 0.05) is 12.1 Å². The standard InChI is InChI=1S/C15H26N2O2S/c1-7-19-14(18)13-11(8-10(2)3)17-12(20-13)9-16-15(4,5)6/h10,16H,7-9H2,1-6H3. The third-order valence-corrected chi connectivity index (χ3v) is 3.65. The quantitative estimate of drug-likeness (QED) is 0.818. The first-order valence-electron chi connectivity index (χ1n) is 7.13. The second kappa shape index (κ2) is 7.18. The Labute approximate surface area is 125 Å². The fourth-order valence-corrected chi connectivity index (χ4v) is 2.62. The maximum Gasteiger partial charge on any atom is 0.350 e. The Morgan fingerprint density at radius 3 is 2.55 bits per heavy atom. The number of thiazole rings is 1. The number of nitrogens with one attached hydrogen (secondary N) is 1. The Hall–Kier alpha value is -0.940. The molecule has 0 saturated heterocycles. The van der Waals surface area contributed by atoms with Crippen molar-refractivity contribution in [3.05, 3.63) is 15.6 Å². The van der Waals surface area contributed by atoms with Gasteiger partial charge >= 0.3 is 5.97 Å². The molecule has 0 aliphatic rings. The molecular formula is C15H26N2O2S. The summed E-state index contributed by atoms with van der Waals surface area (Å²) < 4.78 is 5.12. The molecule has 20 heavy (non-hydrogen) atoms. The molecule has 1 aromatic rings. The lowest BCUT2D eigenvalue weighted by molar-refractivity contribution is 0.0530. The van der Waals surface area contributed by atoms with Gasteiger partial charge in [-0.2, -0.15) is 0 Å². The lowest BCUT2D eigenvalue weighted by atomic mass is 10.1. The highest BCUT2D eigenvalue weighted by molar-refractivity contribution is 7.13. The maximum absolute atomic E-state index is 12.0. The molecule has 5 heteroatoms. The van der Waals surface area contributed by atoms with Crippen molar-refractivity contribution in [2.45, 2.75) is 60.0 Å². The molecule has 1 N–H and O–H groups in total. The van der Waals surface area contributed by atoms with Gasteiger partial charge in [0.2, 0.25) is 0 Å². The molecule has 0 atom stereocenters. The molecule has 114 valence electrons. The third kappa shape index (κ3) is 5.59. The number of aromatic nitrogens is 1. The van der Waals surface area contributed by atoms with E-state index in [2.05, 4.69) is 44.9 Å². The predicted molar refractivity (Wildman–Crippen MR) is 83.2 cm³/mol. The average Bonchev–Trinajstić information content (AvgIpc) is 2.68. The molecule has 0 bridgehead atoms. The summed E-state index contributed by atoms with van der Waals surface area (Å²) in [4.78, 5) is 17.3. The van der Waals surface area contributed by atoms with Crippen LogP contribution >= 0.6 is 11.3 Å². The Balaban J connectivity index is 2.90. The zero-order chi connectivity index (χ0) is 15.3. The van der Waals surface area contributed by atoms with Crippen molar-refractivity contribution in [3.8, 4) is 0 Å². The van der Waals surface area contributed by atoms with E-state index < -0.39 is 0 Å². The van der Waals surface area contributed by atoms with Crippen LogP contribution in [-0.2, 0) is 17.7 Å². The SMILES string of the molecule is CCOC(=O)c1sc(CNC(C)(C)C)nc1CC(C)C. The molecule has 4 nitrogen and oxygen atoms in total. The Kier molecular flexibility index (Phi) is 6.14. The summed E-state index contributed by atoms with van der Waals surface area (Å²) in [5, 5.41) is 4.34. The molecule has 0 aromatic carbocycles. The second-order valence-corrected chi connectivity index (χ2v) is 7.39. The third-order valence-electron chi connectivity index (χ3n) is 2.57. The van der Waals surface area contributed by atoms with Crippen LogP contribution in [0.2, 0.25) is 0 Å². The van der Waals surface area contributed by atoms with Gasteiger partial charge in [0.15, 0.2) is 0 Å². The van der Waals surface area contributed by atoms with Crippen LogP contribution in [0.1, 0.15) is 61.9 Å². The summed E-state index contributed by atoms with van der Waals surface area (Å²) in [5.41, 5.74) is 0.905. The van der Waals surface area contributed by atoms with Gasteiger partial charge in [-0.05, 0) is 40.0 Å². The molecular weight excluding hydrogens is 272 g/mol. The lowest BCUT2D eigenvalue weighted by Crippen LogP contribution is -2.35. The maximum atomic E-state index is 12.0. The molecule has 0 spiro atoms. The predicted octanol–water partition coefficient (Wildman–Crippen LogP) is 3.41. The number of carbonyl (C=O) groups is 1. The van der Waals surface area contributed by atoms with Crippen LogP contribution in [0, 0.1) is 5.92 Å². The minimum Gasteiger partial charge on any atom is -0.462 e. The van der Waals surface area contributed by atoms with E-state index in [4.69, 9.17) is 4.74 Å². The first-order chi connectivity index (χ1) is 9.23. The molecule has 1 heterocycles. The summed E-state index contributed by atoms with van der Waals surface area (Å²) in [6.45, 7) is 13.5. The Morgan fingerprint density at radius 2 is 2.05 bits per heavy atom. The number of hydrogen-bond donors (Lipinski definition) is 1. The van der Waals surface area contributed by atoms with Gasteiger partial charge in [-0.1, -0.05) is 13.8 Å². The molecule has 0 amide bonds. The number of carbonyl (C=O) groups excluding carboxylic acids is 1. The fourth-order valence-electron chi connectivity index (χ4n) is 1.70. The summed E-state index contributed by atoms with van der Waals surface area (Å²) >= 11 is 1.44. The summed E-state index contributed by atoms with van der Waals surface area (Å²) in [6.07, 6.45) is 0.806. The molecule has 1 rings (SSSR count). The average molecular weight is 298 g/mol. The summed E-state index contributed by atoms with van der Waals surface area (Å²) in [7, 11) is 0. The van der Waals surface area contributed by atoms with Crippen LogP contribution in [0.5, 0.6) is 0 Å². The Morgan fingerprint density at radius 1 is 1.40 bits per heavy atom. The Bertz CT molecular complexity index is 447. The first kappa shape index (κ1) is 17.1. The van der Waals surface area contributed by atoms with Gasteiger partial charge in [-0.25, -0.2) is 9.78 Å². The number of ether oxygens (including phenoxy) is 1. The van der Waals surface area contributed by atoms with Crippen molar-refractivity contribution in [1.29, 1.82) is 0 Å². The zero-order valence-electron chi connectivity index (χ0n) is 13.4. The van der Waals surface area contributed by atoms with Crippen LogP contribution in [0.25, 0.3) is 0 Å². The van der Waals surface area contributed by atoms with Crippen molar-refractivity contribution >= 4 is 17.3 Å². The van der Waals surface area contributed by atoms with Crippen LogP contribution in [-0.4, -0.2) is 23.1 Å². The van der Waals surface area contributed by atoms with Crippen molar-refractivity contribution in [2.75, 3.05) is 6.61 Å². The molecule has 0 aliphatic carbocycles. The van der Waals surface area contributed by atoms with Crippen LogP contribution in [0.15, 0.2) is 0 Å². The first-order valence-corrected chi connectivity index (χ1v) is 7.95. The minimum atomic E-state index is -0.248. The van der Waals surface area contributed by atoms with Gasteiger partial charge in [0.05, 0.1) is 12.3 Å². The van der Waals surface area contributed by atoms with Crippen LogP contribution in [0.3, 0.4) is 0 Å². The fraction of sp³-hybridized carbons (Fsp3) is 0.733. The summed E-state index contributed by atoms with van der Waals surface area (Å²) in [5.74, 6) is 0.219. The van der Waals surface area contributed by atoms with Gasteiger partial charge < -0.3 is 10.1 Å². The highest BCUT2D eigenvalue weighted by Gasteiger charge is 2.20. The van der Waals surface area contributed by atoms with E-state index in [0.717, 1.165) is 17.1 Å². The van der Waals surface area contributed by atoms with Gasteiger partial charge in [-0.15, -0.1) is 11.3 Å². The van der Waals surface area contributed by atoms with Crippen molar-refractivity contribution in [3.63, 3.8) is 0 Å². The second-order valence-electron chi connectivity index (χ2n) is 6.31. The normalized spacial score (nSPS) is 11.9. The smallest absolute Gasteiger partial charge is 0.350 e. The van der Waals surface area contributed by atoms with Gasteiger partial charge in [0.25, 0.3) is 0 Å². The van der Waals surface area contributed by atoms with E-state index in [1.54, 1.807) is 0 Å². The van der Waals surface area contributed by atoms with E-state index in [1.807, 2.05) is 6.92 Å². The van der Waals surface area contributed by atoms with E-state index in [-0.39, 0.29) is 11.5 Å². The topological polar surface area (TPSA) is 51.2 Å². The number of hydrogen-bond acceptors (Lipinski definition) is 5. The minimum absolute atomic E-state index is 0.0357. The van der Waals surface area contributed by atoms with Crippen molar-refractivity contribution in [2.24, 2.45) is 5.92 Å². The van der Waals surface area contributed by atoms with E-state index in [0.29, 0.717) is 23.9 Å². The number of nitrogens with zero attached hydrogens (tertiary/aromatic N) is 1. The molecule has 1 aromatic heterocycles. The molecule has 0 unspecified atom stereocenters.